The Balaban J connectivity index is 3.01. The van der Waals surface area contributed by atoms with Crippen molar-refractivity contribution in [1.29, 1.82) is 0 Å². The first-order chi connectivity index (χ1) is 5.94. The van der Waals surface area contributed by atoms with Gasteiger partial charge in [0, 0.05) is 12.4 Å². The lowest BCUT2D eigenvalue weighted by Gasteiger charge is -2.22. The van der Waals surface area contributed by atoms with Gasteiger partial charge in [0.25, 0.3) is 0 Å². The van der Waals surface area contributed by atoms with Crippen LogP contribution in [0.4, 0.5) is 4.39 Å². The second kappa shape index (κ2) is 3.70. The zero-order valence-corrected chi connectivity index (χ0v) is 9.47. The molecule has 2 nitrogen and oxygen atoms in total. The van der Waals surface area contributed by atoms with Gasteiger partial charge in [-0.15, -0.1) is 0 Å². The van der Waals surface area contributed by atoms with E-state index in [1.807, 2.05) is 13.8 Å². The van der Waals surface area contributed by atoms with Gasteiger partial charge in [0.1, 0.15) is 0 Å². The summed E-state index contributed by atoms with van der Waals surface area (Å²) >= 11 is 3.20. The lowest BCUT2D eigenvalue weighted by atomic mass is 9.94. The van der Waals surface area contributed by atoms with Gasteiger partial charge in [-0.3, -0.25) is 0 Å². The molecule has 4 heteroatoms. The molecule has 0 aliphatic heterocycles. The zero-order chi connectivity index (χ0) is 10.1. The van der Waals surface area contributed by atoms with Crippen LogP contribution < -0.4 is 0 Å². The molecule has 1 aromatic heterocycles. The van der Waals surface area contributed by atoms with Gasteiger partial charge >= 0.3 is 0 Å². The number of alkyl halides is 1. The highest BCUT2D eigenvalue weighted by molar-refractivity contribution is 9.10. The van der Waals surface area contributed by atoms with Crippen molar-refractivity contribution in [1.82, 2.24) is 9.97 Å². The number of rotatable bonds is 2. The molecular weight excluding hydrogens is 235 g/mol. The van der Waals surface area contributed by atoms with E-state index in [9.17, 15) is 4.39 Å². The van der Waals surface area contributed by atoms with Crippen LogP contribution in [0.3, 0.4) is 0 Å². The van der Waals surface area contributed by atoms with Crippen LogP contribution in [0.25, 0.3) is 0 Å². The Morgan fingerprint density at radius 3 is 2.23 bits per heavy atom. The van der Waals surface area contributed by atoms with Crippen molar-refractivity contribution < 1.29 is 4.39 Å². The second-order valence-electron chi connectivity index (χ2n) is 3.46. The monoisotopic (exact) mass is 246 g/mol. The third-order valence-electron chi connectivity index (χ3n) is 2.14. The molecule has 0 amide bonds. The molecule has 0 spiro atoms. The second-order valence-corrected chi connectivity index (χ2v) is 4.37. The third-order valence-corrected chi connectivity index (χ3v) is 2.55. The van der Waals surface area contributed by atoms with Crippen LogP contribution in [0, 0.1) is 5.92 Å². The summed E-state index contributed by atoms with van der Waals surface area (Å²) in [6.45, 7) is 5.12. The van der Waals surface area contributed by atoms with Crippen LogP contribution in [-0.2, 0) is 5.67 Å². The zero-order valence-electron chi connectivity index (χ0n) is 7.88. The minimum atomic E-state index is -1.46. The van der Waals surface area contributed by atoms with E-state index < -0.39 is 5.67 Å². The van der Waals surface area contributed by atoms with Gasteiger partial charge in [0.15, 0.2) is 11.5 Å². The molecule has 1 aromatic rings. The molecule has 0 bridgehead atoms. The molecule has 1 rings (SSSR count). The molecule has 72 valence electrons. The van der Waals surface area contributed by atoms with Crippen molar-refractivity contribution in [3.63, 3.8) is 0 Å². The molecule has 0 saturated heterocycles. The summed E-state index contributed by atoms with van der Waals surface area (Å²) in [5, 5.41) is 0. The van der Waals surface area contributed by atoms with E-state index in [2.05, 4.69) is 25.9 Å². The van der Waals surface area contributed by atoms with Crippen molar-refractivity contribution in [3.05, 3.63) is 22.7 Å². The molecule has 1 unspecified atom stereocenters. The highest BCUT2D eigenvalue weighted by Crippen LogP contribution is 2.30. The standard InChI is InChI=1S/C9H12BrFN2/c1-6(2)9(3,11)8-12-4-7(10)5-13-8/h4-6H,1-3H3. The van der Waals surface area contributed by atoms with Gasteiger partial charge in [-0.2, -0.15) is 0 Å². The van der Waals surface area contributed by atoms with E-state index in [0.717, 1.165) is 4.47 Å². The van der Waals surface area contributed by atoms with Crippen LogP contribution >= 0.6 is 15.9 Å². The maximum Gasteiger partial charge on any atom is 0.169 e. The first-order valence-corrected chi connectivity index (χ1v) is 4.91. The molecule has 0 N–H and O–H groups in total. The molecule has 0 radical (unpaired) electrons. The molecule has 1 atom stereocenters. The smallest absolute Gasteiger partial charge is 0.169 e. The van der Waals surface area contributed by atoms with E-state index in [1.54, 1.807) is 12.4 Å². The quantitative estimate of drug-likeness (QED) is 0.802. The first-order valence-electron chi connectivity index (χ1n) is 4.11. The van der Waals surface area contributed by atoms with Gasteiger partial charge in [-0.1, -0.05) is 13.8 Å². The van der Waals surface area contributed by atoms with E-state index >= 15 is 0 Å². The largest absolute Gasteiger partial charge is 0.237 e. The Kier molecular flexibility index (Phi) is 3.01. The average molecular weight is 247 g/mol. The molecule has 0 aromatic carbocycles. The summed E-state index contributed by atoms with van der Waals surface area (Å²) in [4.78, 5) is 7.88. The Labute approximate surface area is 85.7 Å². The van der Waals surface area contributed by atoms with Crippen LogP contribution in [0.5, 0.6) is 0 Å². The summed E-state index contributed by atoms with van der Waals surface area (Å²) in [6, 6.07) is 0. The Bertz CT molecular complexity index is 282. The summed E-state index contributed by atoms with van der Waals surface area (Å²) in [5.41, 5.74) is -1.46. The molecule has 13 heavy (non-hydrogen) atoms. The SMILES string of the molecule is CC(C)C(C)(F)c1ncc(Br)cn1. The van der Waals surface area contributed by atoms with Crippen molar-refractivity contribution >= 4 is 15.9 Å². The van der Waals surface area contributed by atoms with Crippen LogP contribution in [-0.4, -0.2) is 9.97 Å². The van der Waals surface area contributed by atoms with Crippen LogP contribution in [0.1, 0.15) is 26.6 Å². The summed E-state index contributed by atoms with van der Waals surface area (Å²) < 4.78 is 14.7. The van der Waals surface area contributed by atoms with E-state index in [1.165, 1.54) is 6.92 Å². The number of halogens is 2. The van der Waals surface area contributed by atoms with Crippen molar-refractivity contribution in [2.24, 2.45) is 5.92 Å². The minimum Gasteiger partial charge on any atom is -0.237 e. The Morgan fingerprint density at radius 1 is 1.38 bits per heavy atom. The van der Waals surface area contributed by atoms with Crippen molar-refractivity contribution in [2.75, 3.05) is 0 Å². The number of nitrogens with zero attached hydrogens (tertiary/aromatic N) is 2. The molecule has 1 heterocycles. The maximum absolute atomic E-state index is 13.9. The minimum absolute atomic E-state index is 0.131. The number of hydrogen-bond donors (Lipinski definition) is 0. The predicted molar refractivity (Wildman–Crippen MR) is 53.0 cm³/mol. The Morgan fingerprint density at radius 2 is 1.85 bits per heavy atom. The van der Waals surface area contributed by atoms with Gasteiger partial charge < -0.3 is 0 Å². The number of hydrogen-bond acceptors (Lipinski definition) is 2. The summed E-state index contributed by atoms with van der Waals surface area (Å²) in [6.07, 6.45) is 3.12. The lowest BCUT2D eigenvalue weighted by molar-refractivity contribution is 0.111. The highest BCUT2D eigenvalue weighted by atomic mass is 79.9. The van der Waals surface area contributed by atoms with Crippen LogP contribution in [0.15, 0.2) is 16.9 Å². The lowest BCUT2D eigenvalue weighted by Crippen LogP contribution is -2.25. The topological polar surface area (TPSA) is 25.8 Å². The predicted octanol–water partition coefficient (Wildman–Crippen LogP) is 3.08. The normalized spacial score (nSPS) is 15.8. The van der Waals surface area contributed by atoms with Gasteiger partial charge in [0.2, 0.25) is 0 Å². The van der Waals surface area contributed by atoms with E-state index in [4.69, 9.17) is 0 Å². The Hall–Kier alpha value is -0.510. The highest BCUT2D eigenvalue weighted by Gasteiger charge is 2.32. The van der Waals surface area contributed by atoms with Gasteiger partial charge in [-0.25, -0.2) is 14.4 Å². The fraction of sp³-hybridized carbons (Fsp3) is 0.556. The molecule has 0 aliphatic carbocycles. The molecular formula is C9H12BrFN2. The summed E-state index contributed by atoms with van der Waals surface area (Å²) in [5.74, 6) is 0.111. The number of aromatic nitrogens is 2. The first kappa shape index (κ1) is 10.6. The van der Waals surface area contributed by atoms with Crippen molar-refractivity contribution in [3.8, 4) is 0 Å². The fourth-order valence-electron chi connectivity index (χ4n) is 0.823. The molecule has 0 fully saturated rings. The van der Waals surface area contributed by atoms with E-state index in [-0.39, 0.29) is 11.7 Å². The van der Waals surface area contributed by atoms with Gasteiger partial charge in [-0.05, 0) is 28.8 Å². The van der Waals surface area contributed by atoms with E-state index in [0.29, 0.717) is 0 Å². The average Bonchev–Trinajstić information content (AvgIpc) is 2.04. The van der Waals surface area contributed by atoms with Gasteiger partial charge in [0.05, 0.1) is 4.47 Å². The third kappa shape index (κ3) is 2.24. The fourth-order valence-corrected chi connectivity index (χ4v) is 1.03. The van der Waals surface area contributed by atoms with Crippen LogP contribution in [0.2, 0.25) is 0 Å². The summed E-state index contributed by atoms with van der Waals surface area (Å²) in [7, 11) is 0. The maximum atomic E-state index is 13.9. The molecule has 0 saturated carbocycles. The molecule has 0 aliphatic rings. The van der Waals surface area contributed by atoms with Crippen molar-refractivity contribution in [2.45, 2.75) is 26.4 Å².